The second kappa shape index (κ2) is 11.1. The van der Waals surface area contributed by atoms with Crippen molar-refractivity contribution in [2.24, 2.45) is 5.92 Å². The number of amides is 2. The number of carbonyl (C=O) groups is 3. The molecule has 0 aromatic heterocycles. The van der Waals surface area contributed by atoms with Gasteiger partial charge in [-0.3, -0.25) is 4.79 Å². The van der Waals surface area contributed by atoms with Crippen molar-refractivity contribution in [1.82, 2.24) is 10.6 Å². The first-order valence-electron chi connectivity index (χ1n) is 11.1. The first-order chi connectivity index (χ1) is 16.2. The Labute approximate surface area is 196 Å². The monoisotopic (exact) mass is 474 g/mol. The van der Waals surface area contributed by atoms with E-state index in [1.54, 1.807) is 13.8 Å². The zero-order valence-electron chi connectivity index (χ0n) is 19.0. The summed E-state index contributed by atoms with van der Waals surface area (Å²) < 4.78 is 32.3. The van der Waals surface area contributed by atoms with Gasteiger partial charge >= 0.3 is 12.1 Å². The van der Waals surface area contributed by atoms with Crippen molar-refractivity contribution in [3.63, 3.8) is 0 Å². The molecule has 0 bridgehead atoms. The van der Waals surface area contributed by atoms with Crippen molar-refractivity contribution in [2.75, 3.05) is 6.61 Å². The summed E-state index contributed by atoms with van der Waals surface area (Å²) >= 11 is 0. The average Bonchev–Trinajstić information content (AvgIpc) is 3.10. The maximum atomic E-state index is 13.5. The van der Waals surface area contributed by atoms with Gasteiger partial charge < -0.3 is 20.5 Å². The molecule has 0 aliphatic heterocycles. The summed E-state index contributed by atoms with van der Waals surface area (Å²) in [7, 11) is 0. The number of benzene rings is 2. The maximum absolute atomic E-state index is 13.5. The first kappa shape index (κ1) is 25.1. The number of nitrogens with one attached hydrogen (secondary N) is 2. The third-order valence-corrected chi connectivity index (χ3v) is 5.70. The molecule has 1 aliphatic carbocycles. The molecule has 34 heavy (non-hydrogen) atoms. The van der Waals surface area contributed by atoms with Crippen LogP contribution >= 0.6 is 0 Å². The fourth-order valence-corrected chi connectivity index (χ4v) is 4.14. The minimum atomic E-state index is -3.04. The number of carbonyl (C=O) groups excluding carboxylic acids is 2. The molecule has 0 fully saturated rings. The van der Waals surface area contributed by atoms with E-state index in [-0.39, 0.29) is 24.9 Å². The lowest BCUT2D eigenvalue weighted by Gasteiger charge is -2.21. The van der Waals surface area contributed by atoms with Crippen LogP contribution in [-0.2, 0) is 14.3 Å². The summed E-state index contributed by atoms with van der Waals surface area (Å²) in [4.78, 5) is 35.8. The van der Waals surface area contributed by atoms with Crippen LogP contribution in [0.2, 0.25) is 0 Å². The molecule has 2 atom stereocenters. The highest BCUT2D eigenvalue weighted by atomic mass is 19.3. The standard InChI is InChI=1S/C25H28F2N2O5/c1-14(2)11-21(24(31)32)28-22(30)12-20(23(26)27)29-25(33)34-13-19-17-9-5-3-7-15(17)16-8-4-6-10-18(16)19/h3-10,14,19-21,23H,11-13H2,1-2H3,(H,28,30)(H,29,33)(H,31,32)/t20?,21-/m0/s1. The lowest BCUT2D eigenvalue weighted by atomic mass is 9.98. The maximum Gasteiger partial charge on any atom is 0.407 e. The molecular formula is C25H28F2N2O5. The van der Waals surface area contributed by atoms with E-state index in [9.17, 15) is 28.3 Å². The molecule has 7 nitrogen and oxygen atoms in total. The molecule has 0 radical (unpaired) electrons. The number of carboxylic acids is 1. The molecule has 182 valence electrons. The van der Waals surface area contributed by atoms with Gasteiger partial charge in [-0.2, -0.15) is 0 Å². The van der Waals surface area contributed by atoms with Gasteiger partial charge in [-0.25, -0.2) is 18.4 Å². The van der Waals surface area contributed by atoms with Crippen molar-refractivity contribution in [3.05, 3.63) is 59.7 Å². The zero-order chi connectivity index (χ0) is 24.8. The van der Waals surface area contributed by atoms with E-state index >= 15 is 0 Å². The Morgan fingerprint density at radius 2 is 1.53 bits per heavy atom. The summed E-state index contributed by atoms with van der Waals surface area (Å²) in [6.45, 7) is 3.50. The van der Waals surface area contributed by atoms with Crippen LogP contribution in [0.3, 0.4) is 0 Å². The quantitative estimate of drug-likeness (QED) is 0.480. The Kier molecular flexibility index (Phi) is 8.20. The van der Waals surface area contributed by atoms with Gasteiger partial charge in [0.15, 0.2) is 0 Å². The van der Waals surface area contributed by atoms with Crippen molar-refractivity contribution in [1.29, 1.82) is 0 Å². The number of fused-ring (bicyclic) bond motifs is 3. The third kappa shape index (κ3) is 6.09. The largest absolute Gasteiger partial charge is 0.480 e. The number of ether oxygens (including phenoxy) is 1. The third-order valence-electron chi connectivity index (χ3n) is 5.70. The normalized spacial score (nSPS) is 14.3. The van der Waals surface area contributed by atoms with Gasteiger partial charge in [0.25, 0.3) is 6.43 Å². The molecule has 3 rings (SSSR count). The van der Waals surface area contributed by atoms with Crippen LogP contribution in [-0.4, -0.2) is 48.2 Å². The lowest BCUT2D eigenvalue weighted by Crippen LogP contribution is -2.47. The van der Waals surface area contributed by atoms with Gasteiger partial charge in [0.05, 0.1) is 6.42 Å². The van der Waals surface area contributed by atoms with Gasteiger partial charge in [0.1, 0.15) is 18.7 Å². The van der Waals surface area contributed by atoms with E-state index in [2.05, 4.69) is 5.32 Å². The number of carboxylic acid groups (broad SMARTS) is 1. The molecule has 1 unspecified atom stereocenters. The average molecular weight is 475 g/mol. The smallest absolute Gasteiger partial charge is 0.407 e. The van der Waals surface area contributed by atoms with E-state index in [4.69, 9.17) is 4.74 Å². The number of alkyl halides is 2. The molecule has 0 heterocycles. The van der Waals surface area contributed by atoms with E-state index in [1.807, 2.05) is 53.8 Å². The second-order valence-corrected chi connectivity index (χ2v) is 8.70. The molecule has 3 N–H and O–H groups in total. The molecule has 2 amide bonds. The molecule has 9 heteroatoms. The highest BCUT2D eigenvalue weighted by Gasteiger charge is 2.31. The predicted molar refractivity (Wildman–Crippen MR) is 122 cm³/mol. The Hall–Kier alpha value is -3.49. The van der Waals surface area contributed by atoms with Crippen molar-refractivity contribution in [2.45, 2.75) is 51.1 Å². The van der Waals surface area contributed by atoms with Gasteiger partial charge in [-0.15, -0.1) is 0 Å². The second-order valence-electron chi connectivity index (χ2n) is 8.70. The van der Waals surface area contributed by atoms with Crippen LogP contribution < -0.4 is 10.6 Å². The Morgan fingerprint density at radius 3 is 2.03 bits per heavy atom. The minimum Gasteiger partial charge on any atom is -0.480 e. The van der Waals surface area contributed by atoms with E-state index in [1.165, 1.54) is 0 Å². The lowest BCUT2D eigenvalue weighted by molar-refractivity contribution is -0.142. The molecule has 0 spiro atoms. The highest BCUT2D eigenvalue weighted by molar-refractivity contribution is 5.84. The van der Waals surface area contributed by atoms with E-state index in [0.29, 0.717) is 0 Å². The topological polar surface area (TPSA) is 105 Å². The number of hydrogen-bond donors (Lipinski definition) is 3. The molecular weight excluding hydrogens is 446 g/mol. The fraction of sp³-hybridized carbons (Fsp3) is 0.400. The zero-order valence-corrected chi connectivity index (χ0v) is 19.0. The predicted octanol–water partition coefficient (Wildman–Crippen LogP) is 4.16. The molecule has 1 aliphatic rings. The summed E-state index contributed by atoms with van der Waals surface area (Å²) in [6, 6.07) is 12.4. The van der Waals surface area contributed by atoms with Gasteiger partial charge in [-0.05, 0) is 34.6 Å². The summed E-state index contributed by atoms with van der Waals surface area (Å²) in [6.07, 6.45) is -4.74. The van der Waals surface area contributed by atoms with Gasteiger partial charge in [0, 0.05) is 5.92 Å². The molecule has 2 aromatic rings. The highest BCUT2D eigenvalue weighted by Crippen LogP contribution is 2.44. The van der Waals surface area contributed by atoms with Crippen LogP contribution in [0.25, 0.3) is 11.1 Å². The van der Waals surface area contributed by atoms with Crippen LogP contribution in [0.5, 0.6) is 0 Å². The van der Waals surface area contributed by atoms with Crippen molar-refractivity contribution in [3.8, 4) is 11.1 Å². The van der Waals surface area contributed by atoms with Crippen molar-refractivity contribution < 1.29 is 33.0 Å². The van der Waals surface area contributed by atoms with E-state index < -0.39 is 42.9 Å². The summed E-state index contributed by atoms with van der Waals surface area (Å²) in [5.74, 6) is -2.40. The summed E-state index contributed by atoms with van der Waals surface area (Å²) in [5, 5.41) is 13.5. The Bertz CT molecular complexity index is 998. The van der Waals surface area contributed by atoms with Crippen LogP contribution in [0.1, 0.15) is 43.7 Å². The number of rotatable bonds is 10. The Morgan fingerprint density at radius 1 is 0.971 bits per heavy atom. The van der Waals surface area contributed by atoms with E-state index in [0.717, 1.165) is 22.3 Å². The summed E-state index contributed by atoms with van der Waals surface area (Å²) in [5.41, 5.74) is 4.02. The number of alkyl carbamates (subject to hydrolysis) is 1. The van der Waals surface area contributed by atoms with Crippen LogP contribution in [0.15, 0.2) is 48.5 Å². The minimum absolute atomic E-state index is 0.0220. The van der Waals surface area contributed by atoms with Gasteiger partial charge in [-0.1, -0.05) is 62.4 Å². The SMILES string of the molecule is CC(C)C[C@H](NC(=O)CC(NC(=O)OCC1c2ccccc2-c2ccccc21)C(F)F)C(=O)O. The van der Waals surface area contributed by atoms with Gasteiger partial charge in [0.2, 0.25) is 5.91 Å². The molecule has 2 aromatic carbocycles. The number of halogens is 2. The number of hydrogen-bond acceptors (Lipinski definition) is 4. The number of aliphatic carboxylic acids is 1. The first-order valence-corrected chi connectivity index (χ1v) is 11.1. The van der Waals surface area contributed by atoms with Crippen molar-refractivity contribution >= 4 is 18.0 Å². The fourth-order valence-electron chi connectivity index (χ4n) is 4.14. The Balaban J connectivity index is 1.59. The molecule has 0 saturated carbocycles. The van der Waals surface area contributed by atoms with Crippen LogP contribution in [0.4, 0.5) is 13.6 Å². The van der Waals surface area contributed by atoms with Crippen LogP contribution in [0, 0.1) is 5.92 Å². The molecule has 0 saturated heterocycles.